The summed E-state index contributed by atoms with van der Waals surface area (Å²) in [6, 6.07) is 4.54. The van der Waals surface area contributed by atoms with Gasteiger partial charge in [0.05, 0.1) is 20.2 Å². The van der Waals surface area contributed by atoms with Crippen LogP contribution in [0.25, 0.3) is 0 Å². The molecule has 1 atom stereocenters. The number of methoxy groups -OCH3 is 1. The van der Waals surface area contributed by atoms with Crippen LogP contribution < -0.4 is 15.4 Å². The fraction of sp³-hybridized carbons (Fsp3) is 0.500. The van der Waals surface area contributed by atoms with Crippen molar-refractivity contribution in [2.75, 3.05) is 33.4 Å². The van der Waals surface area contributed by atoms with Crippen LogP contribution in [0.2, 0.25) is 0 Å². The van der Waals surface area contributed by atoms with Crippen molar-refractivity contribution in [2.45, 2.75) is 32.7 Å². The highest BCUT2D eigenvalue weighted by Gasteiger charge is 2.33. The molecule has 1 heterocycles. The van der Waals surface area contributed by atoms with Crippen LogP contribution >= 0.6 is 0 Å². The van der Waals surface area contributed by atoms with E-state index in [0.29, 0.717) is 36.3 Å². The molecule has 3 amide bonds. The number of esters is 1. The molecule has 2 N–H and O–H groups in total. The van der Waals surface area contributed by atoms with E-state index in [9.17, 15) is 19.2 Å². The number of nitrogens with one attached hydrogen (secondary N) is 2. The summed E-state index contributed by atoms with van der Waals surface area (Å²) >= 11 is 0. The quantitative estimate of drug-likeness (QED) is 0.478. The Balaban J connectivity index is 1.88. The monoisotopic (exact) mass is 405 g/mol. The zero-order valence-corrected chi connectivity index (χ0v) is 16.9. The summed E-state index contributed by atoms with van der Waals surface area (Å²) in [5, 5.41) is 5.28. The van der Waals surface area contributed by atoms with Crippen molar-refractivity contribution in [1.29, 1.82) is 0 Å². The molecule has 158 valence electrons. The third kappa shape index (κ3) is 5.94. The molecule has 2 rings (SSSR count). The van der Waals surface area contributed by atoms with E-state index in [1.54, 1.807) is 25.1 Å². The second-order valence-corrected chi connectivity index (χ2v) is 6.69. The molecule has 1 aliphatic heterocycles. The Morgan fingerprint density at radius 1 is 1.21 bits per heavy atom. The van der Waals surface area contributed by atoms with E-state index in [-0.39, 0.29) is 37.4 Å². The number of ether oxygens (including phenoxy) is 2. The average molecular weight is 405 g/mol. The molecule has 0 spiro atoms. The van der Waals surface area contributed by atoms with Crippen molar-refractivity contribution in [2.24, 2.45) is 0 Å². The Morgan fingerprint density at radius 2 is 1.97 bits per heavy atom. The van der Waals surface area contributed by atoms with Crippen molar-refractivity contribution in [1.82, 2.24) is 15.5 Å². The molecule has 1 aromatic carbocycles. The number of rotatable bonds is 8. The number of likely N-dealkylation sites (tertiary alicyclic amines) is 1. The van der Waals surface area contributed by atoms with Crippen LogP contribution in [0.3, 0.4) is 0 Å². The molecule has 1 fully saturated rings. The molecule has 0 aromatic heterocycles. The van der Waals surface area contributed by atoms with Crippen molar-refractivity contribution in [3.63, 3.8) is 0 Å². The summed E-state index contributed by atoms with van der Waals surface area (Å²) in [7, 11) is 1.53. The summed E-state index contributed by atoms with van der Waals surface area (Å²) < 4.78 is 9.98. The Morgan fingerprint density at radius 3 is 2.66 bits per heavy atom. The number of hydrogen-bond donors (Lipinski definition) is 2. The zero-order chi connectivity index (χ0) is 21.4. The van der Waals surface area contributed by atoms with E-state index in [0.717, 1.165) is 0 Å². The number of carbonyl (C=O) groups is 4. The minimum absolute atomic E-state index is 0.0810. The number of hydrogen-bond acceptors (Lipinski definition) is 6. The van der Waals surface area contributed by atoms with Crippen LogP contribution in [-0.2, 0) is 19.1 Å². The molecular weight excluding hydrogens is 378 g/mol. The standard InChI is InChI=1S/C20H27N3O6/c1-13-15(6-4-8-17(13)28-3)19(26)22-12-18(25)23-10-5-7-16(23)20(27)21-9-11-29-14(2)24/h4,6,8,16H,5,7,9-12H2,1-3H3,(H,21,27)(H,22,26). The van der Waals surface area contributed by atoms with Crippen LogP contribution in [0.4, 0.5) is 0 Å². The Hall–Kier alpha value is -3.10. The molecular formula is C20H27N3O6. The maximum absolute atomic E-state index is 12.6. The first-order valence-electron chi connectivity index (χ1n) is 9.47. The minimum Gasteiger partial charge on any atom is -0.496 e. The third-order valence-electron chi connectivity index (χ3n) is 4.73. The van der Waals surface area contributed by atoms with E-state index < -0.39 is 12.0 Å². The lowest BCUT2D eigenvalue weighted by Gasteiger charge is -2.24. The van der Waals surface area contributed by atoms with E-state index in [1.165, 1.54) is 18.9 Å². The predicted molar refractivity (Wildman–Crippen MR) is 104 cm³/mol. The van der Waals surface area contributed by atoms with Crippen LogP contribution in [0, 0.1) is 6.92 Å². The van der Waals surface area contributed by atoms with Gasteiger partial charge in [-0.15, -0.1) is 0 Å². The molecule has 1 aliphatic rings. The van der Waals surface area contributed by atoms with Crippen LogP contribution in [0.15, 0.2) is 18.2 Å². The normalized spacial score (nSPS) is 15.6. The van der Waals surface area contributed by atoms with Crippen molar-refractivity contribution in [3.05, 3.63) is 29.3 Å². The van der Waals surface area contributed by atoms with Gasteiger partial charge in [0.25, 0.3) is 5.91 Å². The van der Waals surface area contributed by atoms with Gasteiger partial charge in [-0.25, -0.2) is 0 Å². The first kappa shape index (κ1) is 22.2. The van der Waals surface area contributed by atoms with Gasteiger partial charge in [-0.1, -0.05) is 6.07 Å². The lowest BCUT2D eigenvalue weighted by atomic mass is 10.1. The highest BCUT2D eigenvalue weighted by molar-refractivity contribution is 5.98. The predicted octanol–water partition coefficient (Wildman–Crippen LogP) is 0.404. The lowest BCUT2D eigenvalue weighted by molar-refractivity contribution is -0.141. The fourth-order valence-electron chi connectivity index (χ4n) is 3.26. The second kappa shape index (κ2) is 10.4. The molecule has 9 heteroatoms. The summed E-state index contributed by atoms with van der Waals surface area (Å²) in [5.41, 5.74) is 1.12. The van der Waals surface area contributed by atoms with Crippen LogP contribution in [0.1, 0.15) is 35.7 Å². The topological polar surface area (TPSA) is 114 Å². The van der Waals surface area contributed by atoms with Gasteiger partial charge in [0.1, 0.15) is 18.4 Å². The maximum atomic E-state index is 12.6. The summed E-state index contributed by atoms with van der Waals surface area (Å²) in [6.45, 7) is 3.58. The Bertz CT molecular complexity index is 779. The van der Waals surface area contributed by atoms with Crippen molar-refractivity contribution in [3.8, 4) is 5.75 Å². The molecule has 0 radical (unpaired) electrons. The molecule has 1 unspecified atom stereocenters. The van der Waals surface area contributed by atoms with Gasteiger partial charge < -0.3 is 25.0 Å². The van der Waals surface area contributed by atoms with E-state index in [2.05, 4.69) is 10.6 Å². The summed E-state index contributed by atoms with van der Waals surface area (Å²) in [5.74, 6) is -0.821. The Labute approximate surface area is 169 Å². The number of benzene rings is 1. The van der Waals surface area contributed by atoms with Gasteiger partial charge in [-0.2, -0.15) is 0 Å². The maximum Gasteiger partial charge on any atom is 0.302 e. The van der Waals surface area contributed by atoms with Gasteiger partial charge in [0.15, 0.2) is 0 Å². The highest BCUT2D eigenvalue weighted by atomic mass is 16.5. The lowest BCUT2D eigenvalue weighted by Crippen LogP contribution is -2.49. The SMILES string of the molecule is COc1cccc(C(=O)NCC(=O)N2CCCC2C(=O)NCCOC(C)=O)c1C. The number of carbonyl (C=O) groups excluding carboxylic acids is 4. The van der Waals surface area contributed by atoms with E-state index >= 15 is 0 Å². The van der Waals surface area contributed by atoms with E-state index in [4.69, 9.17) is 9.47 Å². The fourth-order valence-corrected chi connectivity index (χ4v) is 3.26. The molecule has 0 saturated carbocycles. The first-order chi connectivity index (χ1) is 13.8. The van der Waals surface area contributed by atoms with Crippen molar-refractivity contribution < 1.29 is 28.7 Å². The van der Waals surface area contributed by atoms with Crippen LogP contribution in [-0.4, -0.2) is 68.0 Å². The number of amides is 3. The van der Waals surface area contributed by atoms with Gasteiger partial charge in [-0.05, 0) is 31.9 Å². The smallest absolute Gasteiger partial charge is 0.302 e. The molecule has 1 saturated heterocycles. The van der Waals surface area contributed by atoms with Gasteiger partial charge in [0.2, 0.25) is 11.8 Å². The summed E-state index contributed by atoms with van der Waals surface area (Å²) in [4.78, 5) is 49.5. The molecule has 0 bridgehead atoms. The second-order valence-electron chi connectivity index (χ2n) is 6.69. The van der Waals surface area contributed by atoms with Gasteiger partial charge in [0, 0.05) is 24.6 Å². The molecule has 9 nitrogen and oxygen atoms in total. The van der Waals surface area contributed by atoms with Crippen molar-refractivity contribution >= 4 is 23.7 Å². The summed E-state index contributed by atoms with van der Waals surface area (Å²) in [6.07, 6.45) is 1.25. The Kier molecular flexibility index (Phi) is 7.99. The molecule has 29 heavy (non-hydrogen) atoms. The zero-order valence-electron chi connectivity index (χ0n) is 16.9. The van der Waals surface area contributed by atoms with E-state index in [1.807, 2.05) is 0 Å². The first-order valence-corrected chi connectivity index (χ1v) is 9.47. The highest BCUT2D eigenvalue weighted by Crippen LogP contribution is 2.21. The average Bonchev–Trinajstić information content (AvgIpc) is 3.19. The van der Waals surface area contributed by atoms with Crippen LogP contribution in [0.5, 0.6) is 5.75 Å². The number of nitrogens with zero attached hydrogens (tertiary/aromatic N) is 1. The molecule has 0 aliphatic carbocycles. The van der Waals surface area contributed by atoms with Gasteiger partial charge in [-0.3, -0.25) is 19.2 Å². The molecule has 1 aromatic rings. The largest absolute Gasteiger partial charge is 0.496 e. The van der Waals surface area contributed by atoms with Gasteiger partial charge >= 0.3 is 5.97 Å². The minimum atomic E-state index is -0.588. The third-order valence-corrected chi connectivity index (χ3v) is 4.73.